The number of rotatable bonds is 3. The van der Waals surface area contributed by atoms with Crippen LogP contribution in [0.2, 0.25) is 5.02 Å². The highest BCUT2D eigenvalue weighted by atomic mass is 35.5. The second-order valence-corrected chi connectivity index (χ2v) is 4.28. The van der Waals surface area contributed by atoms with Gasteiger partial charge in [0.1, 0.15) is 17.7 Å². The van der Waals surface area contributed by atoms with Crippen molar-refractivity contribution < 1.29 is 8.78 Å². The third-order valence-electron chi connectivity index (χ3n) is 2.60. The number of halogens is 3. The Bertz CT molecular complexity index is 650. The van der Waals surface area contributed by atoms with Crippen LogP contribution in [0.1, 0.15) is 11.1 Å². The number of nitriles is 1. The molecule has 0 amide bonds. The van der Waals surface area contributed by atoms with Gasteiger partial charge in [0.25, 0.3) is 0 Å². The predicted octanol–water partition coefficient (Wildman–Crippen LogP) is 4.10. The first-order valence-electron chi connectivity index (χ1n) is 5.48. The monoisotopic (exact) mass is 278 g/mol. The van der Waals surface area contributed by atoms with Crippen molar-refractivity contribution in [3.05, 3.63) is 64.2 Å². The van der Waals surface area contributed by atoms with Gasteiger partial charge < -0.3 is 5.32 Å². The molecule has 2 aromatic rings. The van der Waals surface area contributed by atoms with E-state index in [1.54, 1.807) is 18.2 Å². The van der Waals surface area contributed by atoms with Crippen LogP contribution in [0.15, 0.2) is 36.4 Å². The normalized spacial score (nSPS) is 10.0. The highest BCUT2D eigenvalue weighted by molar-refractivity contribution is 6.33. The molecule has 0 saturated heterocycles. The fourth-order valence-electron chi connectivity index (χ4n) is 1.63. The highest BCUT2D eigenvalue weighted by Gasteiger charge is 2.08. The van der Waals surface area contributed by atoms with E-state index in [0.29, 0.717) is 11.3 Å². The van der Waals surface area contributed by atoms with Gasteiger partial charge in [-0.25, -0.2) is 8.78 Å². The Morgan fingerprint density at radius 1 is 1.21 bits per heavy atom. The summed E-state index contributed by atoms with van der Waals surface area (Å²) in [6.07, 6.45) is 0. The number of hydrogen-bond donors (Lipinski definition) is 1. The fourth-order valence-corrected chi connectivity index (χ4v) is 1.86. The summed E-state index contributed by atoms with van der Waals surface area (Å²) in [7, 11) is 0. The Balaban J connectivity index is 2.17. The van der Waals surface area contributed by atoms with E-state index in [1.165, 1.54) is 24.3 Å². The molecule has 2 nitrogen and oxygen atoms in total. The Labute approximate surface area is 114 Å². The van der Waals surface area contributed by atoms with Gasteiger partial charge in [-0.05, 0) is 24.3 Å². The summed E-state index contributed by atoms with van der Waals surface area (Å²) < 4.78 is 26.7. The zero-order valence-electron chi connectivity index (χ0n) is 9.75. The molecule has 0 saturated carbocycles. The van der Waals surface area contributed by atoms with Crippen LogP contribution in [0.25, 0.3) is 0 Å². The lowest BCUT2D eigenvalue weighted by atomic mass is 10.1. The van der Waals surface area contributed by atoms with Crippen LogP contribution >= 0.6 is 11.6 Å². The standard InChI is InChI=1S/C14H9ClF2N2/c15-12-6-11(16)4-5-13(12)19-8-10-3-1-2-9(7-18)14(10)17/h1-6,19H,8H2. The number of benzene rings is 2. The quantitative estimate of drug-likeness (QED) is 0.917. The number of anilines is 1. The van der Waals surface area contributed by atoms with Crippen molar-refractivity contribution in [1.82, 2.24) is 0 Å². The first-order valence-corrected chi connectivity index (χ1v) is 5.86. The molecule has 0 aliphatic rings. The van der Waals surface area contributed by atoms with Crippen molar-refractivity contribution in [2.75, 3.05) is 5.32 Å². The maximum atomic E-state index is 13.8. The maximum absolute atomic E-state index is 13.8. The summed E-state index contributed by atoms with van der Waals surface area (Å²) in [6, 6.07) is 10.3. The lowest BCUT2D eigenvalue weighted by molar-refractivity contribution is 0.609. The van der Waals surface area contributed by atoms with E-state index in [0.717, 1.165) is 0 Å². The minimum atomic E-state index is -0.560. The van der Waals surface area contributed by atoms with Crippen LogP contribution in [0.4, 0.5) is 14.5 Å². The first kappa shape index (κ1) is 13.3. The minimum Gasteiger partial charge on any atom is -0.380 e. The summed E-state index contributed by atoms with van der Waals surface area (Å²) in [5, 5.41) is 11.8. The van der Waals surface area contributed by atoms with Gasteiger partial charge in [-0.15, -0.1) is 0 Å². The van der Waals surface area contributed by atoms with Gasteiger partial charge in [0.15, 0.2) is 0 Å². The highest BCUT2D eigenvalue weighted by Crippen LogP contribution is 2.23. The molecule has 2 rings (SSSR count). The second-order valence-electron chi connectivity index (χ2n) is 3.87. The smallest absolute Gasteiger partial charge is 0.145 e. The van der Waals surface area contributed by atoms with Crippen LogP contribution in [0.3, 0.4) is 0 Å². The zero-order chi connectivity index (χ0) is 13.8. The van der Waals surface area contributed by atoms with Gasteiger partial charge in [0.05, 0.1) is 16.3 Å². The van der Waals surface area contributed by atoms with Crippen molar-refractivity contribution >= 4 is 17.3 Å². The second kappa shape index (κ2) is 5.68. The van der Waals surface area contributed by atoms with Crippen molar-refractivity contribution in [2.45, 2.75) is 6.54 Å². The van der Waals surface area contributed by atoms with Gasteiger partial charge >= 0.3 is 0 Å². The SMILES string of the molecule is N#Cc1cccc(CNc2ccc(F)cc2Cl)c1F. The van der Waals surface area contributed by atoms with E-state index in [4.69, 9.17) is 16.9 Å². The minimum absolute atomic E-state index is 0.00972. The molecule has 0 atom stereocenters. The summed E-state index contributed by atoms with van der Waals surface area (Å²) in [6.45, 7) is 0.159. The average molecular weight is 279 g/mol. The van der Waals surface area contributed by atoms with Gasteiger partial charge in [0.2, 0.25) is 0 Å². The number of hydrogen-bond acceptors (Lipinski definition) is 2. The third kappa shape index (κ3) is 3.01. The molecule has 1 N–H and O–H groups in total. The van der Waals surface area contributed by atoms with E-state index >= 15 is 0 Å². The lowest BCUT2D eigenvalue weighted by Crippen LogP contribution is -2.03. The summed E-state index contributed by atoms with van der Waals surface area (Å²) >= 11 is 5.85. The maximum Gasteiger partial charge on any atom is 0.145 e. The van der Waals surface area contributed by atoms with Crippen LogP contribution < -0.4 is 5.32 Å². The topological polar surface area (TPSA) is 35.8 Å². The molecule has 0 unspecified atom stereocenters. The third-order valence-corrected chi connectivity index (χ3v) is 2.91. The molecule has 96 valence electrons. The van der Waals surface area contributed by atoms with Crippen LogP contribution in [0.5, 0.6) is 0 Å². The van der Waals surface area contributed by atoms with Crippen molar-refractivity contribution in [2.24, 2.45) is 0 Å². The molecule has 0 spiro atoms. The molecule has 0 fully saturated rings. The molecule has 0 aliphatic carbocycles. The summed E-state index contributed by atoms with van der Waals surface area (Å²) in [5.74, 6) is -0.996. The Kier molecular flexibility index (Phi) is 3.98. The lowest BCUT2D eigenvalue weighted by Gasteiger charge is -2.09. The molecule has 0 radical (unpaired) electrons. The van der Waals surface area contributed by atoms with E-state index in [2.05, 4.69) is 5.32 Å². The molecule has 0 aliphatic heterocycles. The number of nitrogens with one attached hydrogen (secondary N) is 1. The predicted molar refractivity (Wildman–Crippen MR) is 69.9 cm³/mol. The zero-order valence-corrected chi connectivity index (χ0v) is 10.5. The molecule has 19 heavy (non-hydrogen) atoms. The molecular formula is C14H9ClF2N2. The molecule has 5 heteroatoms. The summed E-state index contributed by atoms with van der Waals surface area (Å²) in [5.41, 5.74) is 0.841. The molecule has 0 aromatic heterocycles. The van der Waals surface area contributed by atoms with Crippen molar-refractivity contribution in [3.63, 3.8) is 0 Å². The Hall–Kier alpha value is -2.12. The molecule has 2 aromatic carbocycles. The Morgan fingerprint density at radius 2 is 2.00 bits per heavy atom. The van der Waals surface area contributed by atoms with E-state index in [1.807, 2.05) is 0 Å². The number of nitrogens with zero attached hydrogens (tertiary/aromatic N) is 1. The largest absolute Gasteiger partial charge is 0.380 e. The first-order chi connectivity index (χ1) is 9.11. The Morgan fingerprint density at radius 3 is 2.68 bits per heavy atom. The van der Waals surface area contributed by atoms with Crippen molar-refractivity contribution in [1.29, 1.82) is 5.26 Å². The molecular weight excluding hydrogens is 270 g/mol. The van der Waals surface area contributed by atoms with Crippen molar-refractivity contribution in [3.8, 4) is 6.07 Å². The van der Waals surface area contributed by atoms with Gasteiger partial charge in [-0.2, -0.15) is 5.26 Å². The molecule has 0 bridgehead atoms. The van der Waals surface area contributed by atoms with E-state index in [9.17, 15) is 8.78 Å². The molecule has 0 heterocycles. The van der Waals surface area contributed by atoms with E-state index in [-0.39, 0.29) is 17.1 Å². The van der Waals surface area contributed by atoms with Gasteiger partial charge in [-0.3, -0.25) is 0 Å². The van der Waals surface area contributed by atoms with Gasteiger partial charge in [0, 0.05) is 12.1 Å². The van der Waals surface area contributed by atoms with Crippen LogP contribution in [0, 0.1) is 23.0 Å². The summed E-state index contributed by atoms with van der Waals surface area (Å²) in [4.78, 5) is 0. The van der Waals surface area contributed by atoms with Gasteiger partial charge in [-0.1, -0.05) is 23.7 Å². The fraction of sp³-hybridized carbons (Fsp3) is 0.0714. The van der Waals surface area contributed by atoms with Crippen LogP contribution in [-0.4, -0.2) is 0 Å². The average Bonchev–Trinajstić information content (AvgIpc) is 2.39. The van der Waals surface area contributed by atoms with Crippen LogP contribution in [-0.2, 0) is 6.54 Å². The van der Waals surface area contributed by atoms with E-state index < -0.39 is 11.6 Å².